The maximum Gasteiger partial charge on any atom is 0.216 e. The first-order valence-electron chi connectivity index (χ1n) is 7.34. The molecule has 2 heterocycles. The molecule has 0 amide bonds. The van der Waals surface area contributed by atoms with Gasteiger partial charge in [-0.1, -0.05) is 0 Å². The van der Waals surface area contributed by atoms with Gasteiger partial charge in [0.15, 0.2) is 0 Å². The zero-order chi connectivity index (χ0) is 14.5. The van der Waals surface area contributed by atoms with Crippen molar-refractivity contribution in [2.45, 2.75) is 30.9 Å². The third-order valence-electron chi connectivity index (χ3n) is 4.32. The molecule has 0 aromatic rings. The molecule has 2 fully saturated rings. The molecule has 2 N–H and O–H groups in total. The molecule has 0 aromatic carbocycles. The average Bonchev–Trinajstić information content (AvgIpc) is 2.48. The summed E-state index contributed by atoms with van der Waals surface area (Å²) in [7, 11) is -1.62. The second kappa shape index (κ2) is 8.64. The van der Waals surface area contributed by atoms with Crippen LogP contribution in [0.15, 0.2) is 0 Å². The van der Waals surface area contributed by atoms with Crippen LogP contribution in [0.3, 0.4) is 0 Å². The Morgan fingerprint density at radius 2 is 2.10 bits per heavy atom. The summed E-state index contributed by atoms with van der Waals surface area (Å²) < 4.78 is 38.0. The summed E-state index contributed by atoms with van der Waals surface area (Å²) >= 11 is 0. The van der Waals surface area contributed by atoms with E-state index in [1.165, 1.54) is 0 Å². The number of halogens is 1. The summed E-state index contributed by atoms with van der Waals surface area (Å²) in [5, 5.41) is 2.90. The molecule has 2 aliphatic rings. The van der Waals surface area contributed by atoms with Crippen molar-refractivity contribution >= 4 is 22.4 Å². The number of sulfonamides is 1. The van der Waals surface area contributed by atoms with Crippen LogP contribution in [0, 0.1) is 5.41 Å². The molecular formula is C13H27ClN2O4S. The summed E-state index contributed by atoms with van der Waals surface area (Å²) in [4.78, 5) is 0. The minimum Gasteiger partial charge on any atom is -0.384 e. The monoisotopic (exact) mass is 342 g/mol. The van der Waals surface area contributed by atoms with Crippen molar-refractivity contribution in [2.75, 3.05) is 46.6 Å². The lowest BCUT2D eigenvalue weighted by molar-refractivity contribution is 0.0573. The molecule has 0 aromatic heterocycles. The minimum absolute atomic E-state index is 0. The number of piperidine rings is 1. The van der Waals surface area contributed by atoms with Crippen molar-refractivity contribution in [1.82, 2.24) is 10.0 Å². The van der Waals surface area contributed by atoms with Crippen LogP contribution in [0.4, 0.5) is 0 Å². The Morgan fingerprint density at radius 1 is 1.38 bits per heavy atom. The molecular weight excluding hydrogens is 316 g/mol. The van der Waals surface area contributed by atoms with Crippen molar-refractivity contribution < 1.29 is 17.9 Å². The Balaban J connectivity index is 0.00000220. The van der Waals surface area contributed by atoms with Gasteiger partial charge in [-0.05, 0) is 38.8 Å². The van der Waals surface area contributed by atoms with E-state index in [0.717, 1.165) is 32.4 Å². The lowest BCUT2D eigenvalue weighted by Crippen LogP contribution is -2.49. The van der Waals surface area contributed by atoms with Crippen molar-refractivity contribution in [1.29, 1.82) is 0 Å². The van der Waals surface area contributed by atoms with Gasteiger partial charge >= 0.3 is 0 Å². The molecule has 0 spiro atoms. The Bertz CT molecular complexity index is 387. The van der Waals surface area contributed by atoms with Gasteiger partial charge in [0, 0.05) is 25.7 Å². The topological polar surface area (TPSA) is 76.7 Å². The lowest BCUT2D eigenvalue weighted by atomic mass is 9.80. The number of methoxy groups -OCH3 is 1. The van der Waals surface area contributed by atoms with E-state index in [-0.39, 0.29) is 17.8 Å². The van der Waals surface area contributed by atoms with Gasteiger partial charge in [0.2, 0.25) is 10.0 Å². The number of ether oxygens (including phenoxy) is 2. The molecule has 126 valence electrons. The van der Waals surface area contributed by atoms with Gasteiger partial charge in [0.1, 0.15) is 0 Å². The van der Waals surface area contributed by atoms with Gasteiger partial charge in [-0.15, -0.1) is 12.4 Å². The summed E-state index contributed by atoms with van der Waals surface area (Å²) in [5.74, 6) is 0. The highest BCUT2D eigenvalue weighted by atomic mass is 35.5. The van der Waals surface area contributed by atoms with E-state index in [9.17, 15) is 8.42 Å². The molecule has 1 atom stereocenters. The first kappa shape index (κ1) is 19.1. The predicted molar refractivity (Wildman–Crippen MR) is 84.4 cm³/mol. The third kappa shape index (κ3) is 5.33. The Morgan fingerprint density at radius 3 is 2.67 bits per heavy atom. The Labute approximate surface area is 133 Å². The largest absolute Gasteiger partial charge is 0.384 e. The molecule has 8 heteroatoms. The van der Waals surface area contributed by atoms with Gasteiger partial charge in [-0.2, -0.15) is 0 Å². The summed E-state index contributed by atoms with van der Waals surface area (Å²) in [5.41, 5.74) is -0.0808. The smallest absolute Gasteiger partial charge is 0.216 e. The Hall–Kier alpha value is 0.0800. The van der Waals surface area contributed by atoms with Crippen LogP contribution in [0.5, 0.6) is 0 Å². The van der Waals surface area contributed by atoms with Crippen LogP contribution < -0.4 is 10.0 Å². The molecule has 0 bridgehead atoms. The number of nitrogens with one attached hydrogen (secondary N) is 2. The van der Waals surface area contributed by atoms with Gasteiger partial charge in [0.05, 0.1) is 18.5 Å². The standard InChI is InChI=1S/C13H26N2O4S.ClH/c1-18-11-13(4-6-14-7-5-13)10-15-20(16,17)12-3-2-8-19-9-12;/h12,14-15H,2-11H2,1H3;1H. The predicted octanol–water partition coefficient (Wildman–Crippen LogP) is 0.523. The SMILES string of the molecule is COCC1(CNS(=O)(=O)C2CCCOC2)CCNCC1.Cl. The van der Waals surface area contributed by atoms with Crippen molar-refractivity contribution in [3.8, 4) is 0 Å². The fourth-order valence-electron chi connectivity index (χ4n) is 2.96. The van der Waals surface area contributed by atoms with E-state index in [1.54, 1.807) is 7.11 Å². The van der Waals surface area contributed by atoms with Crippen LogP contribution >= 0.6 is 12.4 Å². The van der Waals surface area contributed by atoms with E-state index >= 15 is 0 Å². The van der Waals surface area contributed by atoms with E-state index < -0.39 is 15.3 Å². The molecule has 0 saturated carbocycles. The van der Waals surface area contributed by atoms with E-state index in [2.05, 4.69) is 10.0 Å². The highest BCUT2D eigenvalue weighted by molar-refractivity contribution is 7.90. The van der Waals surface area contributed by atoms with Gasteiger partial charge in [-0.3, -0.25) is 0 Å². The van der Waals surface area contributed by atoms with E-state index in [0.29, 0.717) is 32.8 Å². The molecule has 0 radical (unpaired) electrons. The molecule has 2 aliphatic heterocycles. The molecule has 21 heavy (non-hydrogen) atoms. The zero-order valence-electron chi connectivity index (χ0n) is 12.6. The molecule has 1 unspecified atom stereocenters. The first-order valence-corrected chi connectivity index (χ1v) is 8.89. The fraction of sp³-hybridized carbons (Fsp3) is 1.00. The van der Waals surface area contributed by atoms with Crippen LogP contribution in [0.25, 0.3) is 0 Å². The second-order valence-corrected chi connectivity index (χ2v) is 7.93. The number of rotatable bonds is 6. The highest BCUT2D eigenvalue weighted by Gasteiger charge is 2.35. The second-order valence-electron chi connectivity index (χ2n) is 5.89. The van der Waals surface area contributed by atoms with Gasteiger partial charge in [0.25, 0.3) is 0 Å². The third-order valence-corrected chi connectivity index (χ3v) is 6.12. The van der Waals surface area contributed by atoms with Crippen molar-refractivity contribution in [3.05, 3.63) is 0 Å². The number of hydrogen-bond acceptors (Lipinski definition) is 5. The average molecular weight is 343 g/mol. The van der Waals surface area contributed by atoms with Crippen LogP contribution in [-0.2, 0) is 19.5 Å². The van der Waals surface area contributed by atoms with Crippen LogP contribution in [-0.4, -0.2) is 60.2 Å². The summed E-state index contributed by atoms with van der Waals surface area (Å²) in [6.45, 7) is 3.87. The quantitative estimate of drug-likeness (QED) is 0.736. The van der Waals surface area contributed by atoms with Crippen LogP contribution in [0.2, 0.25) is 0 Å². The van der Waals surface area contributed by atoms with E-state index in [4.69, 9.17) is 9.47 Å². The van der Waals surface area contributed by atoms with Gasteiger partial charge in [-0.25, -0.2) is 13.1 Å². The maximum atomic E-state index is 12.3. The molecule has 0 aliphatic carbocycles. The van der Waals surface area contributed by atoms with Crippen LogP contribution in [0.1, 0.15) is 25.7 Å². The first-order chi connectivity index (χ1) is 9.58. The van der Waals surface area contributed by atoms with Crippen molar-refractivity contribution in [2.24, 2.45) is 5.41 Å². The minimum atomic E-state index is -3.29. The number of hydrogen-bond donors (Lipinski definition) is 2. The highest BCUT2D eigenvalue weighted by Crippen LogP contribution is 2.29. The molecule has 2 saturated heterocycles. The molecule has 6 nitrogen and oxygen atoms in total. The molecule has 2 rings (SSSR count). The maximum absolute atomic E-state index is 12.3. The summed E-state index contributed by atoms with van der Waals surface area (Å²) in [6, 6.07) is 0. The van der Waals surface area contributed by atoms with Crippen molar-refractivity contribution in [3.63, 3.8) is 0 Å². The van der Waals surface area contributed by atoms with Gasteiger partial charge < -0.3 is 14.8 Å². The lowest BCUT2D eigenvalue weighted by Gasteiger charge is -2.37. The summed E-state index contributed by atoms with van der Waals surface area (Å²) in [6.07, 6.45) is 3.38. The fourth-order valence-corrected chi connectivity index (χ4v) is 4.46. The normalized spacial score (nSPS) is 26.0. The Kier molecular flexibility index (Phi) is 7.87. The van der Waals surface area contributed by atoms with E-state index in [1.807, 2.05) is 0 Å². The zero-order valence-corrected chi connectivity index (χ0v) is 14.2.